The maximum Gasteiger partial charge on any atom is 0.338 e. The summed E-state index contributed by atoms with van der Waals surface area (Å²) >= 11 is 0. The smallest absolute Gasteiger partial charge is 0.338 e. The number of rotatable bonds is 8. The van der Waals surface area contributed by atoms with Crippen molar-refractivity contribution in [1.29, 1.82) is 0 Å². The molecule has 1 atom stereocenters. The first-order chi connectivity index (χ1) is 15.5. The fourth-order valence-corrected chi connectivity index (χ4v) is 3.72. The zero-order valence-corrected chi connectivity index (χ0v) is 18.2. The van der Waals surface area contributed by atoms with Gasteiger partial charge in [0, 0.05) is 27.2 Å². The van der Waals surface area contributed by atoms with Crippen LogP contribution in [0.2, 0.25) is 0 Å². The topological polar surface area (TPSA) is 107 Å². The zero-order chi connectivity index (χ0) is 22.7. The van der Waals surface area contributed by atoms with Crippen LogP contribution in [0.1, 0.15) is 29.6 Å². The van der Waals surface area contributed by atoms with Crippen molar-refractivity contribution in [3.8, 4) is 5.75 Å². The molecule has 1 fully saturated rings. The molecule has 3 aromatic rings. The molecule has 1 aliphatic heterocycles. The van der Waals surface area contributed by atoms with Crippen LogP contribution >= 0.6 is 0 Å². The van der Waals surface area contributed by atoms with Crippen molar-refractivity contribution in [3.63, 3.8) is 0 Å². The van der Waals surface area contributed by atoms with E-state index in [0.29, 0.717) is 35.5 Å². The van der Waals surface area contributed by atoms with E-state index in [0.717, 1.165) is 24.0 Å². The molecule has 4 rings (SSSR count). The monoisotopic (exact) mass is 442 g/mol. The number of nitrogens with zero attached hydrogens (tertiary/aromatic N) is 4. The molecule has 0 aliphatic carbocycles. The Bertz CT molecular complexity index is 1220. The normalized spacial score (nSPS) is 15.9. The summed E-state index contributed by atoms with van der Waals surface area (Å²) in [5.41, 5.74) is 0.234. The second-order valence-corrected chi connectivity index (χ2v) is 7.79. The Morgan fingerprint density at radius 3 is 2.72 bits per heavy atom. The Balaban J connectivity index is 1.30. The highest BCUT2D eigenvalue weighted by molar-refractivity contribution is 5.89. The van der Waals surface area contributed by atoms with Crippen molar-refractivity contribution in [3.05, 3.63) is 57.0 Å². The highest BCUT2D eigenvalue weighted by Gasteiger charge is 2.17. The van der Waals surface area contributed by atoms with Crippen molar-refractivity contribution >= 4 is 17.1 Å². The van der Waals surface area contributed by atoms with Crippen LogP contribution in [0.5, 0.6) is 5.75 Å². The SMILES string of the molecule is Cn1cnc2c1c(=O)n(CCCOC(=O)c1ccc(OC[C@@H]3CCCO3)cc1)c(=O)n2C. The number of esters is 1. The molecule has 0 radical (unpaired) electrons. The Labute approximate surface area is 184 Å². The number of fused-ring (bicyclic) bond motifs is 1. The first-order valence-corrected chi connectivity index (χ1v) is 10.6. The van der Waals surface area contributed by atoms with E-state index in [1.807, 2.05) is 0 Å². The highest BCUT2D eigenvalue weighted by atomic mass is 16.5. The molecule has 0 amide bonds. The van der Waals surface area contributed by atoms with E-state index >= 15 is 0 Å². The number of hydrogen-bond acceptors (Lipinski definition) is 7. The van der Waals surface area contributed by atoms with E-state index in [1.54, 1.807) is 42.9 Å². The molecule has 0 N–H and O–H groups in total. The van der Waals surface area contributed by atoms with E-state index < -0.39 is 17.2 Å². The van der Waals surface area contributed by atoms with Gasteiger partial charge >= 0.3 is 11.7 Å². The van der Waals surface area contributed by atoms with Crippen molar-refractivity contribution in [2.45, 2.75) is 31.9 Å². The van der Waals surface area contributed by atoms with Gasteiger partial charge in [-0.1, -0.05) is 0 Å². The van der Waals surface area contributed by atoms with E-state index in [-0.39, 0.29) is 19.3 Å². The Kier molecular flexibility index (Phi) is 6.40. The van der Waals surface area contributed by atoms with Crippen molar-refractivity contribution < 1.29 is 19.0 Å². The minimum Gasteiger partial charge on any atom is -0.491 e. The summed E-state index contributed by atoms with van der Waals surface area (Å²) in [6.45, 7) is 1.48. The summed E-state index contributed by atoms with van der Waals surface area (Å²) in [4.78, 5) is 41.5. The number of aryl methyl sites for hydroxylation is 2. The summed E-state index contributed by atoms with van der Waals surface area (Å²) in [6.07, 6.45) is 4.00. The predicted octanol–water partition coefficient (Wildman–Crippen LogP) is 1.24. The molecule has 3 heterocycles. The van der Waals surface area contributed by atoms with E-state index in [1.165, 1.54) is 10.9 Å². The van der Waals surface area contributed by atoms with Gasteiger partial charge in [0.1, 0.15) is 12.4 Å². The largest absolute Gasteiger partial charge is 0.491 e. The van der Waals surface area contributed by atoms with E-state index in [4.69, 9.17) is 14.2 Å². The maximum absolute atomic E-state index is 12.7. The average Bonchev–Trinajstić information content (AvgIpc) is 3.45. The summed E-state index contributed by atoms with van der Waals surface area (Å²) in [6, 6.07) is 6.73. The molecule has 1 saturated heterocycles. The molecule has 1 aliphatic rings. The van der Waals surface area contributed by atoms with E-state index in [9.17, 15) is 14.4 Å². The third kappa shape index (κ3) is 4.45. The van der Waals surface area contributed by atoms with Crippen LogP contribution < -0.4 is 16.0 Å². The number of carbonyl (C=O) groups excluding carboxylic acids is 1. The Morgan fingerprint density at radius 1 is 1.22 bits per heavy atom. The standard InChI is InChI=1S/C22H26N4O6/c1-24-14-23-19-18(24)20(27)26(22(29)25(19)2)10-4-12-31-21(28)15-6-8-16(9-7-15)32-13-17-5-3-11-30-17/h6-9,14,17H,3-5,10-13H2,1-2H3/t17-/m0/s1. The summed E-state index contributed by atoms with van der Waals surface area (Å²) < 4.78 is 20.6. The quantitative estimate of drug-likeness (QED) is 0.382. The first kappa shape index (κ1) is 21.8. The van der Waals surface area contributed by atoms with Gasteiger partial charge in [0.05, 0.1) is 24.6 Å². The minimum absolute atomic E-state index is 0.0785. The third-order valence-electron chi connectivity index (χ3n) is 5.51. The fourth-order valence-electron chi connectivity index (χ4n) is 3.72. The molecule has 1 aromatic carbocycles. The van der Waals surface area contributed by atoms with Crippen LogP contribution in [0.3, 0.4) is 0 Å². The molecule has 0 bridgehead atoms. The van der Waals surface area contributed by atoms with Crippen LogP contribution in [0.25, 0.3) is 11.2 Å². The second-order valence-electron chi connectivity index (χ2n) is 7.79. The second kappa shape index (κ2) is 9.39. The molecular weight excluding hydrogens is 416 g/mol. The Morgan fingerprint density at radius 2 is 2.00 bits per heavy atom. The van der Waals surface area contributed by atoms with Gasteiger partial charge in [-0.2, -0.15) is 0 Å². The summed E-state index contributed by atoms with van der Waals surface area (Å²) in [7, 11) is 3.27. The molecule has 0 unspecified atom stereocenters. The molecule has 0 saturated carbocycles. The van der Waals surface area contributed by atoms with Crippen LogP contribution in [0, 0.1) is 0 Å². The Hall–Kier alpha value is -3.40. The molecule has 10 nitrogen and oxygen atoms in total. The lowest BCUT2D eigenvalue weighted by atomic mass is 10.2. The zero-order valence-electron chi connectivity index (χ0n) is 18.2. The van der Waals surface area contributed by atoms with Gasteiger partial charge in [0.25, 0.3) is 5.56 Å². The number of aromatic nitrogens is 4. The van der Waals surface area contributed by atoms with Gasteiger partial charge in [-0.25, -0.2) is 14.6 Å². The fraction of sp³-hybridized carbons (Fsp3) is 0.455. The number of benzene rings is 1. The number of hydrogen-bond donors (Lipinski definition) is 0. The lowest BCUT2D eigenvalue weighted by molar-refractivity contribution is 0.0495. The van der Waals surface area contributed by atoms with Gasteiger partial charge in [-0.3, -0.25) is 13.9 Å². The van der Waals surface area contributed by atoms with Gasteiger partial charge < -0.3 is 18.8 Å². The third-order valence-corrected chi connectivity index (χ3v) is 5.51. The molecular formula is C22H26N4O6. The number of imidazole rings is 1. The maximum atomic E-state index is 12.7. The first-order valence-electron chi connectivity index (χ1n) is 10.6. The van der Waals surface area contributed by atoms with Gasteiger partial charge in [0.2, 0.25) is 0 Å². The van der Waals surface area contributed by atoms with E-state index in [2.05, 4.69) is 4.98 Å². The number of carbonyl (C=O) groups is 1. The van der Waals surface area contributed by atoms with Crippen molar-refractivity contribution in [2.75, 3.05) is 19.8 Å². The van der Waals surface area contributed by atoms with Crippen LogP contribution in [-0.2, 0) is 30.1 Å². The predicted molar refractivity (Wildman–Crippen MR) is 116 cm³/mol. The average molecular weight is 442 g/mol. The molecule has 170 valence electrons. The van der Waals surface area contributed by atoms with Crippen molar-refractivity contribution in [2.24, 2.45) is 14.1 Å². The van der Waals surface area contributed by atoms with Crippen LogP contribution in [0.15, 0.2) is 40.2 Å². The summed E-state index contributed by atoms with van der Waals surface area (Å²) in [5, 5.41) is 0. The number of ether oxygens (including phenoxy) is 3. The van der Waals surface area contributed by atoms with Crippen molar-refractivity contribution in [1.82, 2.24) is 18.7 Å². The lowest BCUT2D eigenvalue weighted by Crippen LogP contribution is -2.39. The molecule has 2 aromatic heterocycles. The summed E-state index contributed by atoms with van der Waals surface area (Å²) in [5.74, 6) is 0.191. The minimum atomic E-state index is -0.474. The molecule has 10 heteroatoms. The molecule has 32 heavy (non-hydrogen) atoms. The van der Waals surface area contributed by atoms with Crippen LogP contribution in [-0.4, -0.2) is 50.6 Å². The van der Waals surface area contributed by atoms with Gasteiger partial charge in [0.15, 0.2) is 11.2 Å². The molecule has 0 spiro atoms. The highest BCUT2D eigenvalue weighted by Crippen LogP contribution is 2.17. The van der Waals surface area contributed by atoms with Gasteiger partial charge in [-0.15, -0.1) is 0 Å². The lowest BCUT2D eigenvalue weighted by Gasteiger charge is -2.12. The van der Waals surface area contributed by atoms with Gasteiger partial charge in [-0.05, 0) is 43.5 Å². The van der Waals surface area contributed by atoms with Crippen LogP contribution in [0.4, 0.5) is 0 Å².